The van der Waals surface area contributed by atoms with Gasteiger partial charge >= 0.3 is 0 Å². The van der Waals surface area contributed by atoms with Crippen LogP contribution in [0.3, 0.4) is 0 Å². The van der Waals surface area contributed by atoms with Crippen molar-refractivity contribution in [3.8, 4) is 0 Å². The molecule has 0 unspecified atom stereocenters. The summed E-state index contributed by atoms with van der Waals surface area (Å²) in [6, 6.07) is 22.0. The minimum absolute atomic E-state index is 0.0158. The van der Waals surface area contributed by atoms with Gasteiger partial charge in [0, 0.05) is 31.5 Å². The highest BCUT2D eigenvalue weighted by atomic mass is 16.5. The van der Waals surface area contributed by atoms with E-state index in [9.17, 15) is 4.79 Å². The standard InChI is InChI=1S/C23H24N4O2/c28-23(26-21-16-22(25-17-24-21)27-11-13-29-14-12-27)15-20(18-7-3-1-4-8-18)19-9-5-2-6-10-19/h1-10,16-17,20H,11-15H2,(H,24,25,26,28). The first-order chi connectivity index (χ1) is 14.3. The molecule has 1 amide bonds. The molecule has 2 aromatic carbocycles. The van der Waals surface area contributed by atoms with Crippen LogP contribution in [0.25, 0.3) is 0 Å². The molecule has 6 heteroatoms. The van der Waals surface area contributed by atoms with E-state index in [0.29, 0.717) is 25.5 Å². The van der Waals surface area contributed by atoms with Crippen molar-refractivity contribution in [3.63, 3.8) is 0 Å². The number of carbonyl (C=O) groups is 1. The predicted molar refractivity (Wildman–Crippen MR) is 113 cm³/mol. The molecule has 29 heavy (non-hydrogen) atoms. The van der Waals surface area contributed by atoms with Gasteiger partial charge in [-0.2, -0.15) is 0 Å². The van der Waals surface area contributed by atoms with Gasteiger partial charge < -0.3 is 15.0 Å². The third-order valence-electron chi connectivity index (χ3n) is 5.05. The normalized spacial score (nSPS) is 14.0. The van der Waals surface area contributed by atoms with Crippen molar-refractivity contribution in [1.82, 2.24) is 9.97 Å². The van der Waals surface area contributed by atoms with Gasteiger partial charge in [0.15, 0.2) is 0 Å². The lowest BCUT2D eigenvalue weighted by Crippen LogP contribution is -2.36. The van der Waals surface area contributed by atoms with Gasteiger partial charge in [0.1, 0.15) is 18.0 Å². The van der Waals surface area contributed by atoms with Gasteiger partial charge in [-0.15, -0.1) is 0 Å². The number of morpholine rings is 1. The number of nitrogens with zero attached hydrogens (tertiary/aromatic N) is 3. The van der Waals surface area contributed by atoms with Crippen LogP contribution in [0.15, 0.2) is 73.1 Å². The number of ether oxygens (including phenoxy) is 1. The molecule has 1 aromatic heterocycles. The highest BCUT2D eigenvalue weighted by Crippen LogP contribution is 2.28. The molecule has 3 aromatic rings. The Kier molecular flexibility index (Phi) is 6.12. The Morgan fingerprint density at radius 2 is 1.59 bits per heavy atom. The summed E-state index contributed by atoms with van der Waals surface area (Å²) in [7, 11) is 0. The highest BCUT2D eigenvalue weighted by molar-refractivity contribution is 5.91. The highest BCUT2D eigenvalue weighted by Gasteiger charge is 2.19. The molecule has 1 aliphatic rings. The second kappa shape index (κ2) is 9.30. The van der Waals surface area contributed by atoms with Crippen molar-refractivity contribution < 1.29 is 9.53 Å². The molecule has 0 spiro atoms. The Labute approximate surface area is 170 Å². The van der Waals surface area contributed by atoms with Crippen molar-refractivity contribution in [2.24, 2.45) is 0 Å². The number of hydrogen-bond donors (Lipinski definition) is 1. The molecule has 1 aliphatic heterocycles. The van der Waals surface area contributed by atoms with Crippen LogP contribution in [0, 0.1) is 0 Å². The largest absolute Gasteiger partial charge is 0.378 e. The van der Waals surface area contributed by atoms with Gasteiger partial charge in [-0.1, -0.05) is 60.7 Å². The Bertz CT molecular complexity index is 888. The average Bonchev–Trinajstić information content (AvgIpc) is 2.79. The van der Waals surface area contributed by atoms with Gasteiger partial charge in [0.05, 0.1) is 13.2 Å². The predicted octanol–water partition coefficient (Wildman–Crippen LogP) is 3.47. The smallest absolute Gasteiger partial charge is 0.226 e. The van der Waals surface area contributed by atoms with E-state index in [1.54, 1.807) is 0 Å². The lowest BCUT2D eigenvalue weighted by atomic mass is 9.88. The molecule has 1 saturated heterocycles. The monoisotopic (exact) mass is 388 g/mol. The molecule has 1 fully saturated rings. The lowest BCUT2D eigenvalue weighted by molar-refractivity contribution is -0.116. The van der Waals surface area contributed by atoms with E-state index in [-0.39, 0.29) is 11.8 Å². The SMILES string of the molecule is O=C(CC(c1ccccc1)c1ccccc1)Nc1cc(N2CCOCC2)ncn1. The van der Waals surface area contributed by atoms with Crippen LogP contribution >= 0.6 is 0 Å². The van der Waals surface area contributed by atoms with E-state index in [0.717, 1.165) is 30.0 Å². The third kappa shape index (κ3) is 4.97. The quantitative estimate of drug-likeness (QED) is 0.700. The van der Waals surface area contributed by atoms with E-state index in [1.807, 2.05) is 42.5 Å². The fraction of sp³-hybridized carbons (Fsp3) is 0.261. The van der Waals surface area contributed by atoms with Crippen LogP contribution in [-0.2, 0) is 9.53 Å². The van der Waals surface area contributed by atoms with Crippen molar-refractivity contribution in [3.05, 3.63) is 84.2 Å². The first-order valence-electron chi connectivity index (χ1n) is 9.84. The number of rotatable bonds is 6. The molecule has 6 nitrogen and oxygen atoms in total. The van der Waals surface area contributed by atoms with Crippen molar-refractivity contribution in [2.45, 2.75) is 12.3 Å². The number of anilines is 2. The fourth-order valence-corrected chi connectivity index (χ4v) is 3.56. The van der Waals surface area contributed by atoms with Gasteiger partial charge in [0.2, 0.25) is 5.91 Å². The zero-order valence-electron chi connectivity index (χ0n) is 16.2. The maximum atomic E-state index is 12.9. The third-order valence-corrected chi connectivity index (χ3v) is 5.05. The molecular weight excluding hydrogens is 364 g/mol. The molecule has 4 rings (SSSR count). The van der Waals surface area contributed by atoms with Crippen LogP contribution in [0.2, 0.25) is 0 Å². The summed E-state index contributed by atoms with van der Waals surface area (Å²) in [5.74, 6) is 1.24. The summed E-state index contributed by atoms with van der Waals surface area (Å²) in [6.45, 7) is 2.94. The van der Waals surface area contributed by atoms with E-state index in [1.165, 1.54) is 6.33 Å². The van der Waals surface area contributed by atoms with Crippen molar-refractivity contribution in [1.29, 1.82) is 0 Å². The molecular formula is C23H24N4O2. The van der Waals surface area contributed by atoms with Crippen LogP contribution in [0.1, 0.15) is 23.5 Å². The summed E-state index contributed by atoms with van der Waals surface area (Å²) >= 11 is 0. The number of benzene rings is 2. The van der Waals surface area contributed by atoms with E-state index in [4.69, 9.17) is 4.74 Å². The number of aromatic nitrogens is 2. The number of hydrogen-bond acceptors (Lipinski definition) is 5. The van der Waals surface area contributed by atoms with Crippen LogP contribution in [0.5, 0.6) is 0 Å². The van der Waals surface area contributed by atoms with Gasteiger partial charge in [-0.05, 0) is 11.1 Å². The van der Waals surface area contributed by atoms with Crippen molar-refractivity contribution in [2.75, 3.05) is 36.5 Å². The maximum absolute atomic E-state index is 12.9. The summed E-state index contributed by atoms with van der Waals surface area (Å²) < 4.78 is 5.39. The van der Waals surface area contributed by atoms with Gasteiger partial charge in [-0.25, -0.2) is 9.97 Å². The van der Waals surface area contributed by atoms with Gasteiger partial charge in [0.25, 0.3) is 0 Å². The van der Waals surface area contributed by atoms with E-state index in [2.05, 4.69) is 44.5 Å². The zero-order chi connectivity index (χ0) is 19.9. The fourth-order valence-electron chi connectivity index (χ4n) is 3.56. The summed E-state index contributed by atoms with van der Waals surface area (Å²) in [6.07, 6.45) is 1.83. The van der Waals surface area contributed by atoms with Crippen LogP contribution in [0.4, 0.5) is 11.6 Å². The zero-order valence-corrected chi connectivity index (χ0v) is 16.2. The Morgan fingerprint density at radius 3 is 2.21 bits per heavy atom. The van der Waals surface area contributed by atoms with E-state index < -0.39 is 0 Å². The topological polar surface area (TPSA) is 67.4 Å². The summed E-state index contributed by atoms with van der Waals surface area (Å²) in [5.41, 5.74) is 2.23. The Morgan fingerprint density at radius 1 is 0.966 bits per heavy atom. The van der Waals surface area contributed by atoms with Crippen LogP contribution in [-0.4, -0.2) is 42.2 Å². The molecule has 0 saturated carbocycles. The van der Waals surface area contributed by atoms with Crippen molar-refractivity contribution >= 4 is 17.5 Å². The van der Waals surface area contributed by atoms with E-state index >= 15 is 0 Å². The minimum Gasteiger partial charge on any atom is -0.378 e. The van der Waals surface area contributed by atoms with Gasteiger partial charge in [-0.3, -0.25) is 4.79 Å². The molecule has 0 aliphatic carbocycles. The summed E-state index contributed by atoms with van der Waals surface area (Å²) in [4.78, 5) is 23.5. The Hall–Kier alpha value is -3.25. The number of nitrogens with one attached hydrogen (secondary N) is 1. The number of amides is 1. The first-order valence-corrected chi connectivity index (χ1v) is 9.84. The minimum atomic E-state index is -0.0747. The maximum Gasteiger partial charge on any atom is 0.226 e. The second-order valence-electron chi connectivity index (χ2n) is 6.99. The lowest BCUT2D eigenvalue weighted by Gasteiger charge is -2.27. The molecule has 2 heterocycles. The molecule has 148 valence electrons. The number of carbonyl (C=O) groups excluding carboxylic acids is 1. The molecule has 1 N–H and O–H groups in total. The second-order valence-corrected chi connectivity index (χ2v) is 6.99. The molecule has 0 atom stereocenters. The first kappa shape index (κ1) is 19.1. The molecule has 0 radical (unpaired) electrons. The summed E-state index contributed by atoms with van der Waals surface area (Å²) in [5, 5.41) is 2.94. The average molecular weight is 388 g/mol. The molecule has 0 bridgehead atoms. The Balaban J connectivity index is 1.48. The van der Waals surface area contributed by atoms with Crippen LogP contribution < -0.4 is 10.2 Å².